The molecule has 0 bridgehead atoms. The van der Waals surface area contributed by atoms with Crippen LogP contribution in [0.5, 0.6) is 11.8 Å². The van der Waals surface area contributed by atoms with E-state index in [1.807, 2.05) is 13.8 Å². The SMILES string of the molecule is CCOc1cc(OCCC2CCNC2)nc(C)n1. The van der Waals surface area contributed by atoms with E-state index in [4.69, 9.17) is 9.47 Å². The fraction of sp³-hybridized carbons (Fsp3) is 0.692. The average Bonchev–Trinajstić information content (AvgIpc) is 2.82. The first kappa shape index (κ1) is 13.1. The van der Waals surface area contributed by atoms with Crippen molar-refractivity contribution in [1.29, 1.82) is 0 Å². The van der Waals surface area contributed by atoms with Gasteiger partial charge in [0.25, 0.3) is 0 Å². The lowest BCUT2D eigenvalue weighted by atomic mass is 10.1. The van der Waals surface area contributed by atoms with E-state index >= 15 is 0 Å². The third-order valence-corrected chi connectivity index (χ3v) is 3.02. The molecule has 1 N–H and O–H groups in total. The summed E-state index contributed by atoms with van der Waals surface area (Å²) in [6.45, 7) is 7.32. The summed E-state index contributed by atoms with van der Waals surface area (Å²) in [6.07, 6.45) is 2.32. The molecule has 1 aliphatic heterocycles. The summed E-state index contributed by atoms with van der Waals surface area (Å²) in [5.74, 6) is 2.61. The van der Waals surface area contributed by atoms with Gasteiger partial charge in [0, 0.05) is 0 Å². The summed E-state index contributed by atoms with van der Waals surface area (Å²) in [5.41, 5.74) is 0. The van der Waals surface area contributed by atoms with Crippen LogP contribution in [0.4, 0.5) is 0 Å². The highest BCUT2D eigenvalue weighted by molar-refractivity contribution is 5.20. The molecule has 5 heteroatoms. The quantitative estimate of drug-likeness (QED) is 0.831. The molecule has 0 radical (unpaired) electrons. The molecule has 2 heterocycles. The Labute approximate surface area is 108 Å². The summed E-state index contributed by atoms with van der Waals surface area (Å²) in [5, 5.41) is 3.35. The number of nitrogens with zero attached hydrogens (tertiary/aromatic N) is 2. The van der Waals surface area contributed by atoms with Crippen LogP contribution in [-0.4, -0.2) is 36.3 Å². The van der Waals surface area contributed by atoms with E-state index in [0.29, 0.717) is 30.8 Å². The van der Waals surface area contributed by atoms with Gasteiger partial charge in [-0.25, -0.2) is 0 Å². The number of aryl methyl sites for hydroxylation is 1. The van der Waals surface area contributed by atoms with Gasteiger partial charge in [0.15, 0.2) is 0 Å². The molecule has 18 heavy (non-hydrogen) atoms. The third-order valence-electron chi connectivity index (χ3n) is 3.02. The van der Waals surface area contributed by atoms with Crippen LogP contribution < -0.4 is 14.8 Å². The van der Waals surface area contributed by atoms with Crippen molar-refractivity contribution in [3.05, 3.63) is 11.9 Å². The molecule has 1 aliphatic rings. The van der Waals surface area contributed by atoms with Gasteiger partial charge in [-0.05, 0) is 45.7 Å². The second-order valence-corrected chi connectivity index (χ2v) is 4.52. The Balaban J connectivity index is 1.83. The highest BCUT2D eigenvalue weighted by Gasteiger charge is 2.14. The third kappa shape index (κ3) is 3.84. The lowest BCUT2D eigenvalue weighted by Crippen LogP contribution is -2.12. The van der Waals surface area contributed by atoms with Crippen LogP contribution >= 0.6 is 0 Å². The van der Waals surface area contributed by atoms with Crippen molar-refractivity contribution in [1.82, 2.24) is 15.3 Å². The summed E-state index contributed by atoms with van der Waals surface area (Å²) >= 11 is 0. The largest absolute Gasteiger partial charge is 0.478 e. The summed E-state index contributed by atoms with van der Waals surface area (Å²) < 4.78 is 11.0. The van der Waals surface area contributed by atoms with Crippen LogP contribution in [0.15, 0.2) is 6.07 Å². The Hall–Kier alpha value is -1.36. The van der Waals surface area contributed by atoms with E-state index < -0.39 is 0 Å². The Morgan fingerprint density at radius 3 is 2.78 bits per heavy atom. The number of aromatic nitrogens is 2. The molecule has 0 amide bonds. The summed E-state index contributed by atoms with van der Waals surface area (Å²) in [7, 11) is 0. The second kappa shape index (κ2) is 6.54. The molecule has 2 rings (SSSR count). The van der Waals surface area contributed by atoms with Gasteiger partial charge in [0.05, 0.1) is 19.3 Å². The molecule has 1 unspecified atom stereocenters. The molecular weight excluding hydrogens is 230 g/mol. The first-order valence-electron chi connectivity index (χ1n) is 6.60. The maximum Gasteiger partial charge on any atom is 0.220 e. The molecule has 0 saturated carbocycles. The van der Waals surface area contributed by atoms with Gasteiger partial charge < -0.3 is 14.8 Å². The predicted octanol–water partition coefficient (Wildman–Crippen LogP) is 1.56. The molecule has 0 aliphatic carbocycles. The minimum absolute atomic E-state index is 0.586. The first-order valence-corrected chi connectivity index (χ1v) is 6.60. The van der Waals surface area contributed by atoms with Crippen LogP contribution in [0, 0.1) is 12.8 Å². The van der Waals surface area contributed by atoms with Gasteiger partial charge >= 0.3 is 0 Å². The molecule has 1 fully saturated rings. The highest BCUT2D eigenvalue weighted by Crippen LogP contribution is 2.17. The van der Waals surface area contributed by atoms with E-state index in [2.05, 4.69) is 15.3 Å². The van der Waals surface area contributed by atoms with E-state index in [1.54, 1.807) is 6.07 Å². The second-order valence-electron chi connectivity index (χ2n) is 4.52. The molecule has 1 atom stereocenters. The molecule has 1 aromatic heterocycles. The minimum atomic E-state index is 0.586. The summed E-state index contributed by atoms with van der Waals surface area (Å²) in [4.78, 5) is 8.44. The Bertz CT molecular complexity index is 378. The van der Waals surface area contributed by atoms with Crippen LogP contribution in [0.25, 0.3) is 0 Å². The van der Waals surface area contributed by atoms with Crippen molar-refractivity contribution in [3.63, 3.8) is 0 Å². The van der Waals surface area contributed by atoms with E-state index in [9.17, 15) is 0 Å². The van der Waals surface area contributed by atoms with Crippen molar-refractivity contribution in [2.45, 2.75) is 26.7 Å². The number of hydrogen-bond donors (Lipinski definition) is 1. The number of ether oxygens (including phenoxy) is 2. The number of hydrogen-bond acceptors (Lipinski definition) is 5. The van der Waals surface area contributed by atoms with Crippen LogP contribution in [0.1, 0.15) is 25.6 Å². The van der Waals surface area contributed by atoms with Gasteiger partial charge in [-0.3, -0.25) is 0 Å². The minimum Gasteiger partial charge on any atom is -0.478 e. The highest BCUT2D eigenvalue weighted by atomic mass is 16.5. The zero-order chi connectivity index (χ0) is 12.8. The van der Waals surface area contributed by atoms with Crippen molar-refractivity contribution >= 4 is 0 Å². The standard InChI is InChI=1S/C13H21N3O2/c1-3-17-12-8-13(16-10(2)15-12)18-7-5-11-4-6-14-9-11/h8,11,14H,3-7,9H2,1-2H3. The van der Waals surface area contributed by atoms with Crippen LogP contribution in [0.3, 0.4) is 0 Å². The van der Waals surface area contributed by atoms with E-state index in [1.165, 1.54) is 6.42 Å². The molecule has 0 aromatic carbocycles. The van der Waals surface area contributed by atoms with Gasteiger partial charge in [-0.1, -0.05) is 0 Å². The lowest BCUT2D eigenvalue weighted by molar-refractivity contribution is 0.267. The number of rotatable bonds is 6. The molecular formula is C13H21N3O2. The van der Waals surface area contributed by atoms with Crippen LogP contribution in [0.2, 0.25) is 0 Å². The fourth-order valence-electron chi connectivity index (χ4n) is 2.10. The van der Waals surface area contributed by atoms with Crippen molar-refractivity contribution < 1.29 is 9.47 Å². The Morgan fingerprint density at radius 1 is 1.33 bits per heavy atom. The topological polar surface area (TPSA) is 56.3 Å². The zero-order valence-corrected chi connectivity index (χ0v) is 11.1. The Kier molecular flexibility index (Phi) is 4.75. The monoisotopic (exact) mass is 251 g/mol. The normalized spacial score (nSPS) is 18.9. The first-order chi connectivity index (χ1) is 8.78. The van der Waals surface area contributed by atoms with Gasteiger partial charge in [-0.2, -0.15) is 9.97 Å². The Morgan fingerprint density at radius 2 is 2.11 bits per heavy atom. The maximum atomic E-state index is 5.68. The van der Waals surface area contributed by atoms with Crippen LogP contribution in [-0.2, 0) is 0 Å². The molecule has 1 saturated heterocycles. The number of nitrogens with one attached hydrogen (secondary N) is 1. The molecule has 1 aromatic rings. The lowest BCUT2D eigenvalue weighted by Gasteiger charge is -2.10. The smallest absolute Gasteiger partial charge is 0.220 e. The van der Waals surface area contributed by atoms with Crippen molar-refractivity contribution in [2.75, 3.05) is 26.3 Å². The maximum absolute atomic E-state index is 5.68. The van der Waals surface area contributed by atoms with E-state index in [0.717, 1.165) is 25.4 Å². The van der Waals surface area contributed by atoms with Gasteiger partial charge in [0.1, 0.15) is 5.82 Å². The molecule has 0 spiro atoms. The van der Waals surface area contributed by atoms with E-state index in [-0.39, 0.29) is 0 Å². The zero-order valence-electron chi connectivity index (χ0n) is 11.1. The molecule has 5 nitrogen and oxygen atoms in total. The van der Waals surface area contributed by atoms with Crippen molar-refractivity contribution in [2.24, 2.45) is 5.92 Å². The summed E-state index contributed by atoms with van der Waals surface area (Å²) in [6, 6.07) is 1.75. The van der Waals surface area contributed by atoms with Crippen molar-refractivity contribution in [3.8, 4) is 11.8 Å². The van der Waals surface area contributed by atoms with Gasteiger partial charge in [0.2, 0.25) is 11.8 Å². The molecule has 100 valence electrons. The average molecular weight is 251 g/mol. The van der Waals surface area contributed by atoms with Gasteiger partial charge in [-0.15, -0.1) is 0 Å². The fourth-order valence-corrected chi connectivity index (χ4v) is 2.10. The predicted molar refractivity (Wildman–Crippen MR) is 69.0 cm³/mol.